The Kier molecular flexibility index (Phi) is 5.93. The van der Waals surface area contributed by atoms with Crippen molar-refractivity contribution in [3.05, 3.63) is 89.2 Å². The molecule has 2 bridgehead atoms. The summed E-state index contributed by atoms with van der Waals surface area (Å²) in [4.78, 5) is 20.1. The topological polar surface area (TPSA) is 104 Å². The molecule has 3 fully saturated rings. The van der Waals surface area contributed by atoms with E-state index in [0.717, 1.165) is 50.2 Å². The van der Waals surface area contributed by atoms with Gasteiger partial charge >= 0.3 is 0 Å². The van der Waals surface area contributed by atoms with E-state index in [1.54, 1.807) is 24.4 Å². The normalized spacial score (nSPS) is 21.7. The van der Waals surface area contributed by atoms with Gasteiger partial charge in [0.05, 0.1) is 42.7 Å². The molecule has 2 unspecified atom stereocenters. The zero-order valence-corrected chi connectivity index (χ0v) is 20.2. The van der Waals surface area contributed by atoms with Gasteiger partial charge in [-0.25, -0.2) is 0 Å². The minimum atomic E-state index is -0.176. The second kappa shape index (κ2) is 9.39. The van der Waals surface area contributed by atoms with Crippen molar-refractivity contribution >= 4 is 23.0 Å². The first-order valence-electron chi connectivity index (χ1n) is 12.8. The van der Waals surface area contributed by atoms with Crippen molar-refractivity contribution in [1.29, 1.82) is 5.41 Å². The summed E-state index contributed by atoms with van der Waals surface area (Å²) in [6, 6.07) is 19.8. The lowest BCUT2D eigenvalue weighted by atomic mass is 9.97. The quantitative estimate of drug-likeness (QED) is 0.344. The molecule has 184 valence electrons. The highest BCUT2D eigenvalue weighted by atomic mass is 16.5. The fourth-order valence-corrected chi connectivity index (χ4v) is 5.57. The lowest BCUT2D eigenvalue weighted by molar-refractivity contribution is 0.0906. The van der Waals surface area contributed by atoms with Gasteiger partial charge in [0, 0.05) is 34.3 Å². The van der Waals surface area contributed by atoms with Crippen molar-refractivity contribution in [2.45, 2.75) is 43.8 Å². The molecule has 4 N–H and O–H groups in total. The molecular weight excluding hydrogens is 450 g/mol. The Labute approximate surface area is 211 Å². The zero-order chi connectivity index (χ0) is 24.6. The molecule has 36 heavy (non-hydrogen) atoms. The molecule has 0 spiro atoms. The number of nitrogens with one attached hydrogen (secondary N) is 2. The van der Waals surface area contributed by atoms with Gasteiger partial charge < -0.3 is 20.7 Å². The van der Waals surface area contributed by atoms with Crippen LogP contribution in [0.2, 0.25) is 0 Å². The van der Waals surface area contributed by atoms with Gasteiger partial charge in [-0.3, -0.25) is 15.2 Å². The van der Waals surface area contributed by atoms with E-state index in [0.29, 0.717) is 40.5 Å². The number of rotatable bonds is 7. The largest absolute Gasteiger partial charge is 0.398 e. The maximum absolute atomic E-state index is 13.2. The number of anilines is 2. The summed E-state index contributed by atoms with van der Waals surface area (Å²) >= 11 is 0. The number of amides is 1. The van der Waals surface area contributed by atoms with Crippen molar-refractivity contribution < 1.29 is 9.53 Å². The van der Waals surface area contributed by atoms with Crippen molar-refractivity contribution in [3.63, 3.8) is 0 Å². The number of benzene rings is 2. The van der Waals surface area contributed by atoms with Crippen LogP contribution in [0, 0.1) is 11.3 Å². The van der Waals surface area contributed by atoms with Gasteiger partial charge in [0.25, 0.3) is 5.91 Å². The fourth-order valence-electron chi connectivity index (χ4n) is 5.57. The number of hydrogen-bond acceptors (Lipinski definition) is 6. The van der Waals surface area contributed by atoms with Crippen molar-refractivity contribution in [2.24, 2.45) is 5.92 Å². The van der Waals surface area contributed by atoms with Gasteiger partial charge in [-0.2, -0.15) is 0 Å². The molecule has 6 rings (SSSR count). The van der Waals surface area contributed by atoms with Gasteiger partial charge in [0.2, 0.25) is 0 Å². The number of fused-ring (bicyclic) bond motifs is 2. The Morgan fingerprint density at radius 1 is 1.00 bits per heavy atom. The van der Waals surface area contributed by atoms with Crippen LogP contribution in [0.25, 0.3) is 0 Å². The van der Waals surface area contributed by atoms with Gasteiger partial charge in [-0.15, -0.1) is 0 Å². The van der Waals surface area contributed by atoms with Crippen molar-refractivity contribution in [3.8, 4) is 0 Å². The van der Waals surface area contributed by atoms with Crippen LogP contribution in [0.15, 0.2) is 66.9 Å². The van der Waals surface area contributed by atoms with Crippen LogP contribution in [0.1, 0.15) is 58.9 Å². The van der Waals surface area contributed by atoms with Crippen LogP contribution in [-0.4, -0.2) is 41.9 Å². The Morgan fingerprint density at radius 3 is 2.39 bits per heavy atom. The summed E-state index contributed by atoms with van der Waals surface area (Å²) in [5.74, 6) is 0.236. The van der Waals surface area contributed by atoms with Crippen LogP contribution >= 0.6 is 0 Å². The van der Waals surface area contributed by atoms with E-state index >= 15 is 0 Å². The molecule has 7 nitrogen and oxygen atoms in total. The van der Waals surface area contributed by atoms with E-state index in [1.807, 2.05) is 30.3 Å². The molecule has 3 heterocycles. The van der Waals surface area contributed by atoms with Gasteiger partial charge in [0.1, 0.15) is 0 Å². The number of nitrogens with zero attached hydrogens (tertiary/aromatic N) is 2. The molecule has 2 saturated heterocycles. The fraction of sp³-hybridized carbons (Fsp3) is 0.345. The highest BCUT2D eigenvalue weighted by Crippen LogP contribution is 2.40. The average Bonchev–Trinajstić information content (AvgIpc) is 3.72. The number of nitrogens with two attached hydrogens (primary N) is 1. The Balaban J connectivity index is 1.20. The zero-order valence-electron chi connectivity index (χ0n) is 20.2. The molecule has 1 saturated carbocycles. The number of carbonyl (C=O) groups excluding carboxylic acids is 1. The summed E-state index contributed by atoms with van der Waals surface area (Å²) in [7, 11) is 0. The molecular formula is C29H31N5O2. The van der Waals surface area contributed by atoms with E-state index in [1.165, 1.54) is 5.69 Å². The van der Waals surface area contributed by atoms with E-state index in [-0.39, 0.29) is 11.9 Å². The van der Waals surface area contributed by atoms with Gasteiger partial charge in [0.15, 0.2) is 0 Å². The predicted molar refractivity (Wildman–Crippen MR) is 141 cm³/mol. The third-order valence-corrected chi connectivity index (χ3v) is 7.67. The third-order valence-electron chi connectivity index (χ3n) is 7.67. The van der Waals surface area contributed by atoms with E-state index in [4.69, 9.17) is 15.9 Å². The highest BCUT2D eigenvalue weighted by molar-refractivity contribution is 6.15. The maximum Gasteiger partial charge on any atom is 0.251 e. The standard InChI is InChI=1S/C29H31N5O2/c30-25-13-8-20(29(35)33-28(19-4-5-19)26-3-1-2-14-32-26)15-24(25)27(31)18-6-9-21(10-7-18)34-22-11-12-23(34)17-36-16-22/h1-3,6-10,13-15,19,22-23,28,31H,4-5,11-12,16-17,30H2,(H,33,35)/t22?,23?,28-/m1/s1. The Hall–Kier alpha value is -3.71. The van der Waals surface area contributed by atoms with Crippen LogP contribution in [0.3, 0.4) is 0 Å². The highest BCUT2D eigenvalue weighted by Gasteiger charge is 2.37. The molecule has 1 aromatic heterocycles. The van der Waals surface area contributed by atoms with Crippen molar-refractivity contribution in [1.82, 2.24) is 10.3 Å². The molecule has 1 aliphatic carbocycles. The number of pyridine rings is 1. The predicted octanol–water partition coefficient (Wildman–Crippen LogP) is 4.33. The van der Waals surface area contributed by atoms with Crippen LogP contribution in [0.5, 0.6) is 0 Å². The average molecular weight is 482 g/mol. The van der Waals surface area contributed by atoms with Crippen molar-refractivity contribution in [2.75, 3.05) is 23.8 Å². The SMILES string of the molecule is N=C(c1ccc(N2C3CCC2COC3)cc1)c1cc(C(=O)N[C@@H](c2ccccn2)C2CC2)ccc1N. The molecule has 2 aliphatic heterocycles. The summed E-state index contributed by atoms with van der Waals surface area (Å²) in [6.45, 7) is 1.56. The van der Waals surface area contributed by atoms with Crippen LogP contribution in [-0.2, 0) is 4.74 Å². The van der Waals surface area contributed by atoms with E-state index in [9.17, 15) is 4.79 Å². The molecule has 3 aliphatic rings. The van der Waals surface area contributed by atoms with Crippen LogP contribution in [0.4, 0.5) is 11.4 Å². The lowest BCUT2D eigenvalue weighted by Crippen LogP contribution is -2.45. The maximum atomic E-state index is 13.2. The molecule has 3 atom stereocenters. The molecule has 0 radical (unpaired) electrons. The first-order chi connectivity index (χ1) is 17.6. The summed E-state index contributed by atoms with van der Waals surface area (Å²) < 4.78 is 5.71. The summed E-state index contributed by atoms with van der Waals surface area (Å²) in [5, 5.41) is 12.0. The van der Waals surface area contributed by atoms with Gasteiger partial charge in [-0.1, -0.05) is 18.2 Å². The molecule has 2 aromatic carbocycles. The smallest absolute Gasteiger partial charge is 0.251 e. The van der Waals surface area contributed by atoms with E-state index in [2.05, 4.69) is 27.3 Å². The number of hydrogen-bond donors (Lipinski definition) is 3. The molecule has 1 amide bonds. The number of aromatic nitrogens is 1. The molecule has 3 aromatic rings. The number of ether oxygens (including phenoxy) is 1. The number of morpholine rings is 1. The first-order valence-corrected chi connectivity index (χ1v) is 12.8. The minimum absolute atomic E-state index is 0.109. The second-order valence-electron chi connectivity index (χ2n) is 10.1. The minimum Gasteiger partial charge on any atom is -0.398 e. The monoisotopic (exact) mass is 481 g/mol. The molecule has 7 heteroatoms. The Bertz CT molecular complexity index is 1260. The number of nitrogen functional groups attached to an aromatic ring is 1. The van der Waals surface area contributed by atoms with Gasteiger partial charge in [-0.05, 0) is 74.1 Å². The Morgan fingerprint density at radius 2 is 1.72 bits per heavy atom. The first kappa shape index (κ1) is 22.7. The second-order valence-corrected chi connectivity index (χ2v) is 10.1. The third kappa shape index (κ3) is 4.35. The van der Waals surface area contributed by atoms with Crippen LogP contribution < -0.4 is 16.0 Å². The summed E-state index contributed by atoms with van der Waals surface area (Å²) in [6.07, 6.45) is 6.25. The number of carbonyl (C=O) groups is 1. The lowest BCUT2D eigenvalue weighted by Gasteiger charge is -2.36. The van der Waals surface area contributed by atoms with E-state index < -0.39 is 0 Å². The summed E-state index contributed by atoms with van der Waals surface area (Å²) in [5.41, 5.74) is 10.9.